The molecule has 0 fully saturated rings. The molecule has 5 nitrogen and oxygen atoms in total. The average Bonchev–Trinajstić information content (AvgIpc) is 2.74. The van der Waals surface area contributed by atoms with E-state index in [2.05, 4.69) is 20.6 Å². The average molecular weight is 272 g/mol. The van der Waals surface area contributed by atoms with E-state index in [0.717, 1.165) is 21.2 Å². The maximum absolute atomic E-state index is 11.7. The molecular weight excluding hydrogens is 260 g/mol. The lowest BCUT2D eigenvalue weighted by Crippen LogP contribution is -2.23. The van der Waals surface area contributed by atoms with Gasteiger partial charge in [-0.3, -0.25) is 4.79 Å². The predicted octanol–water partition coefficient (Wildman–Crippen LogP) is 1.84. The molecule has 0 aliphatic carbocycles. The molecule has 2 heterocycles. The van der Waals surface area contributed by atoms with Gasteiger partial charge in [0, 0.05) is 22.3 Å². The van der Waals surface area contributed by atoms with Crippen LogP contribution in [-0.2, 0) is 4.79 Å². The predicted molar refractivity (Wildman–Crippen MR) is 73.0 cm³/mol. The number of rotatable bonds is 3. The fourth-order valence-electron chi connectivity index (χ4n) is 2.05. The van der Waals surface area contributed by atoms with Gasteiger partial charge in [-0.05, 0) is 25.2 Å². The van der Waals surface area contributed by atoms with Crippen molar-refractivity contribution >= 4 is 23.4 Å². The molecule has 6 heteroatoms. The second-order valence-corrected chi connectivity index (χ2v) is 5.20. The summed E-state index contributed by atoms with van der Waals surface area (Å²) >= 11 is 1.54. The minimum absolute atomic E-state index is 0.0123. The summed E-state index contributed by atoms with van der Waals surface area (Å²) in [6.07, 6.45) is 3.23. The first-order chi connectivity index (χ1) is 9.28. The van der Waals surface area contributed by atoms with Gasteiger partial charge in [-0.15, -0.1) is 0 Å². The number of benzene rings is 1. The number of likely N-dealkylation sites (N-methyl/N-ethyl adjacent to an activating group) is 1. The molecule has 1 unspecified atom stereocenters. The highest BCUT2D eigenvalue weighted by Crippen LogP contribution is 2.35. The molecule has 1 aromatic carbocycles. The smallest absolute Gasteiger partial charge is 0.246 e. The van der Waals surface area contributed by atoms with Crippen LogP contribution in [0.4, 0.5) is 5.69 Å². The van der Waals surface area contributed by atoms with E-state index in [1.54, 1.807) is 25.0 Å². The summed E-state index contributed by atoms with van der Waals surface area (Å²) in [5.41, 5.74) is 1.85. The third kappa shape index (κ3) is 2.32. The summed E-state index contributed by atoms with van der Waals surface area (Å²) in [5, 5.41) is 6.76. The van der Waals surface area contributed by atoms with Crippen molar-refractivity contribution in [2.24, 2.45) is 0 Å². The molecule has 1 amide bonds. The summed E-state index contributed by atoms with van der Waals surface area (Å²) < 4.78 is 0. The minimum atomic E-state index is -0.256. The normalized spacial score (nSPS) is 17.1. The summed E-state index contributed by atoms with van der Waals surface area (Å²) in [4.78, 5) is 20.8. The van der Waals surface area contributed by atoms with Crippen molar-refractivity contribution in [1.82, 2.24) is 15.3 Å². The van der Waals surface area contributed by atoms with Gasteiger partial charge in [0.15, 0.2) is 0 Å². The van der Waals surface area contributed by atoms with Crippen LogP contribution in [0.15, 0.2) is 46.7 Å². The third-order valence-corrected chi connectivity index (χ3v) is 3.86. The molecule has 2 aromatic rings. The van der Waals surface area contributed by atoms with E-state index in [-0.39, 0.29) is 11.9 Å². The van der Waals surface area contributed by atoms with Crippen LogP contribution < -0.4 is 10.6 Å². The Hall–Kier alpha value is -1.92. The summed E-state index contributed by atoms with van der Waals surface area (Å²) in [6.45, 7) is 0. The van der Waals surface area contributed by atoms with E-state index >= 15 is 0 Å². The van der Waals surface area contributed by atoms with Gasteiger partial charge in [-0.25, -0.2) is 9.97 Å². The number of aromatic nitrogens is 2. The highest BCUT2D eigenvalue weighted by molar-refractivity contribution is 7.99. The van der Waals surface area contributed by atoms with Crippen molar-refractivity contribution < 1.29 is 4.79 Å². The number of hydrogen-bond acceptors (Lipinski definition) is 5. The molecule has 1 atom stereocenters. The third-order valence-electron chi connectivity index (χ3n) is 2.92. The zero-order chi connectivity index (χ0) is 13.2. The highest BCUT2D eigenvalue weighted by atomic mass is 32.2. The summed E-state index contributed by atoms with van der Waals surface area (Å²) in [5.74, 6) is -0.0123. The van der Waals surface area contributed by atoms with Gasteiger partial charge in [0.05, 0.1) is 0 Å². The van der Waals surface area contributed by atoms with E-state index in [1.807, 2.05) is 24.3 Å². The molecule has 96 valence electrons. The van der Waals surface area contributed by atoms with E-state index in [9.17, 15) is 4.79 Å². The van der Waals surface area contributed by atoms with Gasteiger partial charge >= 0.3 is 0 Å². The SMILES string of the molecule is CNC1C(=O)Nc2cc(Sc3ccncn3)ccc21. The van der Waals surface area contributed by atoms with Gasteiger partial charge in [-0.1, -0.05) is 17.8 Å². The number of nitrogens with zero attached hydrogens (tertiary/aromatic N) is 2. The Morgan fingerprint density at radius 3 is 3.00 bits per heavy atom. The molecule has 0 saturated heterocycles. The van der Waals surface area contributed by atoms with Gasteiger partial charge in [-0.2, -0.15) is 0 Å². The zero-order valence-corrected chi connectivity index (χ0v) is 11.1. The van der Waals surface area contributed by atoms with Crippen LogP contribution >= 0.6 is 11.8 Å². The van der Waals surface area contributed by atoms with Crippen LogP contribution in [0, 0.1) is 0 Å². The van der Waals surface area contributed by atoms with Crippen LogP contribution in [0.2, 0.25) is 0 Å². The van der Waals surface area contributed by atoms with Gasteiger partial charge in [0.25, 0.3) is 0 Å². The van der Waals surface area contributed by atoms with Crippen LogP contribution in [0.3, 0.4) is 0 Å². The fourth-order valence-corrected chi connectivity index (χ4v) is 2.83. The second-order valence-electron chi connectivity index (χ2n) is 4.11. The standard InChI is InChI=1S/C13H12N4OS/c1-14-12-9-3-2-8(6-10(9)17-13(12)18)19-11-4-5-15-7-16-11/h2-7,12,14H,1H3,(H,17,18). The van der Waals surface area contributed by atoms with Crippen molar-refractivity contribution in [2.45, 2.75) is 16.0 Å². The Balaban J connectivity index is 1.87. The lowest BCUT2D eigenvalue weighted by molar-refractivity contribution is -0.117. The van der Waals surface area contributed by atoms with Gasteiger partial charge < -0.3 is 10.6 Å². The number of amides is 1. The first-order valence-corrected chi connectivity index (χ1v) is 6.65. The molecule has 1 aliphatic rings. The largest absolute Gasteiger partial charge is 0.324 e. The lowest BCUT2D eigenvalue weighted by atomic mass is 10.1. The van der Waals surface area contributed by atoms with Gasteiger partial charge in [0.1, 0.15) is 17.4 Å². The minimum Gasteiger partial charge on any atom is -0.324 e. The molecule has 0 radical (unpaired) electrons. The number of fused-ring (bicyclic) bond motifs is 1. The van der Waals surface area contributed by atoms with Crippen LogP contribution in [0.5, 0.6) is 0 Å². The van der Waals surface area contributed by atoms with Crippen molar-refractivity contribution in [2.75, 3.05) is 12.4 Å². The molecule has 2 N–H and O–H groups in total. The van der Waals surface area contributed by atoms with Crippen molar-refractivity contribution in [3.8, 4) is 0 Å². The molecular formula is C13H12N4OS. The summed E-state index contributed by atoms with van der Waals surface area (Å²) in [6, 6.07) is 7.53. The zero-order valence-electron chi connectivity index (χ0n) is 10.3. The first kappa shape index (κ1) is 12.1. The Morgan fingerprint density at radius 2 is 2.26 bits per heavy atom. The monoisotopic (exact) mass is 272 g/mol. The molecule has 0 spiro atoms. The number of carbonyl (C=O) groups is 1. The van der Waals surface area contributed by atoms with Gasteiger partial charge in [0.2, 0.25) is 5.91 Å². The van der Waals surface area contributed by atoms with Crippen molar-refractivity contribution in [1.29, 1.82) is 0 Å². The molecule has 1 aromatic heterocycles. The quantitative estimate of drug-likeness (QED) is 0.835. The summed E-state index contributed by atoms with van der Waals surface area (Å²) in [7, 11) is 1.78. The Kier molecular flexibility index (Phi) is 3.18. The lowest BCUT2D eigenvalue weighted by Gasteiger charge is -2.07. The Bertz CT molecular complexity index is 617. The van der Waals surface area contributed by atoms with Crippen LogP contribution in [0.1, 0.15) is 11.6 Å². The van der Waals surface area contributed by atoms with E-state index in [4.69, 9.17) is 0 Å². The van der Waals surface area contributed by atoms with Crippen LogP contribution in [0.25, 0.3) is 0 Å². The topological polar surface area (TPSA) is 66.9 Å². The maximum Gasteiger partial charge on any atom is 0.246 e. The number of hydrogen-bond donors (Lipinski definition) is 2. The number of anilines is 1. The maximum atomic E-state index is 11.7. The molecule has 0 saturated carbocycles. The Labute approximate surface area is 114 Å². The van der Waals surface area contributed by atoms with E-state index < -0.39 is 0 Å². The Morgan fingerprint density at radius 1 is 1.37 bits per heavy atom. The fraction of sp³-hybridized carbons (Fsp3) is 0.154. The molecule has 1 aliphatic heterocycles. The molecule has 3 rings (SSSR count). The van der Waals surface area contributed by atoms with Crippen molar-refractivity contribution in [3.05, 3.63) is 42.4 Å². The highest BCUT2D eigenvalue weighted by Gasteiger charge is 2.28. The van der Waals surface area contributed by atoms with Crippen molar-refractivity contribution in [3.63, 3.8) is 0 Å². The van der Waals surface area contributed by atoms with E-state index in [1.165, 1.54) is 6.33 Å². The molecule has 0 bridgehead atoms. The van der Waals surface area contributed by atoms with Crippen LogP contribution in [-0.4, -0.2) is 22.9 Å². The number of nitrogens with one attached hydrogen (secondary N) is 2. The van der Waals surface area contributed by atoms with E-state index in [0.29, 0.717) is 0 Å². The number of carbonyl (C=O) groups excluding carboxylic acids is 1. The molecule has 19 heavy (non-hydrogen) atoms. The first-order valence-electron chi connectivity index (χ1n) is 5.84. The second kappa shape index (κ2) is 4.99.